The van der Waals surface area contributed by atoms with Crippen LogP contribution >= 0.6 is 0 Å². The molecule has 38 valence electrons. The fraction of sp³-hybridized carbons (Fsp3) is 1.00. The van der Waals surface area contributed by atoms with Gasteiger partial charge < -0.3 is 0 Å². The van der Waals surface area contributed by atoms with Gasteiger partial charge in [-0.15, -0.1) is 0 Å². The monoisotopic (exact) mass is 94.1 g/mol. The van der Waals surface area contributed by atoms with E-state index in [0.29, 0.717) is 0 Å². The maximum absolute atomic E-state index is 2.30. The van der Waals surface area contributed by atoms with Crippen LogP contribution in [0.4, 0.5) is 0 Å². The van der Waals surface area contributed by atoms with Gasteiger partial charge in [-0.05, 0) is 0 Å². The van der Waals surface area contributed by atoms with Crippen molar-refractivity contribution in [2.45, 2.75) is 27.3 Å². The minimum atomic E-state index is 0.866. The molecule has 0 atom stereocenters. The summed E-state index contributed by atoms with van der Waals surface area (Å²) in [6.07, 6.45) is 0. The van der Waals surface area contributed by atoms with Gasteiger partial charge in [0.2, 0.25) is 0 Å². The first-order valence-corrected chi connectivity index (χ1v) is 3.18. The summed E-state index contributed by atoms with van der Waals surface area (Å²) in [5.41, 5.74) is 0. The minimum Gasteiger partial charge on any atom is -0.0988 e. The molecule has 0 aliphatic heterocycles. The predicted molar refractivity (Wildman–Crippen MR) is 42.1 cm³/mol. The van der Waals surface area contributed by atoms with Gasteiger partial charge in [-0.3, -0.25) is 0 Å². The Kier molecular flexibility index (Phi) is 3.32. The Morgan fingerprint density at radius 1 is 1.14 bits per heavy atom. The molecule has 0 saturated heterocycles. The maximum Gasteiger partial charge on any atom is 0.0935 e. The third kappa shape index (κ3) is 2.84. The van der Waals surface area contributed by atoms with Gasteiger partial charge in [0.05, 0.1) is 20.3 Å². The molecule has 0 aromatic rings. The van der Waals surface area contributed by atoms with Gasteiger partial charge in [0.15, 0.2) is 0 Å². The van der Waals surface area contributed by atoms with Crippen LogP contribution in [0.2, 0.25) is 27.3 Å². The second kappa shape index (κ2) is 3.23. The van der Waals surface area contributed by atoms with E-state index in [4.69, 9.17) is 0 Å². The van der Waals surface area contributed by atoms with Crippen molar-refractivity contribution in [3.8, 4) is 0 Å². The second-order valence-corrected chi connectivity index (χ2v) is 2.63. The van der Waals surface area contributed by atoms with Crippen LogP contribution in [0.1, 0.15) is 0 Å². The minimum absolute atomic E-state index is 0.866. The summed E-state index contributed by atoms with van der Waals surface area (Å²) in [6, 6.07) is 0. The molecule has 0 aliphatic rings. The zero-order valence-corrected chi connectivity index (χ0v) is 5.86. The molecule has 0 aromatic carbocycles. The lowest BCUT2D eigenvalue weighted by Gasteiger charge is -2.02. The third-order valence-electron chi connectivity index (χ3n) is 1.78. The average Bonchev–Trinajstić information content (AvgIpc) is 1.65. The van der Waals surface area contributed by atoms with Crippen molar-refractivity contribution in [3.63, 3.8) is 0 Å². The highest BCUT2D eigenvalue weighted by Gasteiger charge is 2.10. The zero-order valence-electron chi connectivity index (χ0n) is 5.86. The predicted octanol–water partition coefficient (Wildman–Crippen LogP) is 0.925. The van der Waals surface area contributed by atoms with Crippen LogP contribution in [0.15, 0.2) is 0 Å². The first-order valence-electron chi connectivity index (χ1n) is 3.18. The largest absolute Gasteiger partial charge is 0.0988 e. The van der Waals surface area contributed by atoms with Gasteiger partial charge in [-0.25, -0.2) is 0 Å². The van der Waals surface area contributed by atoms with Crippen LogP contribution < -0.4 is 0 Å². The molecule has 0 spiro atoms. The Morgan fingerprint density at radius 2 is 1.57 bits per heavy atom. The molecule has 0 fully saturated rings. The Labute approximate surface area is 48.4 Å². The van der Waals surface area contributed by atoms with Crippen molar-refractivity contribution in [3.05, 3.63) is 0 Å². The van der Waals surface area contributed by atoms with Crippen LogP contribution in [-0.2, 0) is 0 Å². The summed E-state index contributed by atoms with van der Waals surface area (Å²) in [6.45, 7) is 10.8. The van der Waals surface area contributed by atoms with Crippen molar-refractivity contribution < 1.29 is 0 Å². The summed E-state index contributed by atoms with van der Waals surface area (Å²) < 4.78 is 0. The molecule has 0 unspecified atom stereocenters. The lowest BCUT2D eigenvalue weighted by molar-refractivity contribution is 2.05. The standard InChI is InChI=1S/C4H13B3/c1-5-7(4)6(2)3/h5H,1-4H3. The van der Waals surface area contributed by atoms with Crippen LogP contribution in [0.3, 0.4) is 0 Å². The van der Waals surface area contributed by atoms with Crippen molar-refractivity contribution in [2.75, 3.05) is 0 Å². The second-order valence-electron chi connectivity index (χ2n) is 2.63. The van der Waals surface area contributed by atoms with Crippen molar-refractivity contribution in [1.82, 2.24) is 0 Å². The summed E-state index contributed by atoms with van der Waals surface area (Å²) in [5, 5.41) is 0. The molecule has 0 N–H and O–H groups in total. The number of hydrogen-bond acceptors (Lipinski definition) is 0. The number of rotatable bonds is 2. The van der Waals surface area contributed by atoms with E-state index < -0.39 is 0 Å². The van der Waals surface area contributed by atoms with E-state index in [-0.39, 0.29) is 0 Å². The third-order valence-corrected chi connectivity index (χ3v) is 1.78. The van der Waals surface area contributed by atoms with Crippen molar-refractivity contribution >= 4 is 20.3 Å². The van der Waals surface area contributed by atoms with Crippen LogP contribution in [0.25, 0.3) is 0 Å². The first kappa shape index (κ1) is 7.19. The molecule has 0 radical (unpaired) electrons. The molecular weight excluding hydrogens is 80.5 g/mol. The van der Waals surface area contributed by atoms with E-state index >= 15 is 0 Å². The smallest absolute Gasteiger partial charge is 0.0935 e. The fourth-order valence-corrected chi connectivity index (χ4v) is 0.471. The van der Waals surface area contributed by atoms with Crippen LogP contribution in [-0.4, -0.2) is 20.3 Å². The maximum atomic E-state index is 2.30. The molecule has 0 aliphatic carbocycles. The molecule has 0 nitrogen and oxygen atoms in total. The quantitative estimate of drug-likeness (QED) is 0.446. The van der Waals surface area contributed by atoms with Crippen LogP contribution in [0.5, 0.6) is 0 Å². The Hall–Kier alpha value is 0.195. The average molecular weight is 93.6 g/mol. The summed E-state index contributed by atoms with van der Waals surface area (Å²) >= 11 is 0. The summed E-state index contributed by atoms with van der Waals surface area (Å²) in [7, 11) is 1.32. The normalized spacial score (nSPS) is 8.00. The lowest BCUT2D eigenvalue weighted by Crippen LogP contribution is -2.31. The Balaban J connectivity index is 3.14. The molecule has 0 aromatic heterocycles. The van der Waals surface area contributed by atoms with Gasteiger partial charge in [0.1, 0.15) is 0 Å². The summed E-state index contributed by atoms with van der Waals surface area (Å²) in [4.78, 5) is 0. The lowest BCUT2D eigenvalue weighted by atomic mass is 8.97. The van der Waals surface area contributed by atoms with Gasteiger partial charge in [-0.1, -0.05) is 27.3 Å². The zero-order chi connectivity index (χ0) is 5.86. The molecule has 3 heteroatoms. The molecule has 0 bridgehead atoms. The van der Waals surface area contributed by atoms with Gasteiger partial charge in [0, 0.05) is 0 Å². The van der Waals surface area contributed by atoms with Crippen LogP contribution in [0, 0.1) is 0 Å². The van der Waals surface area contributed by atoms with Gasteiger partial charge in [-0.2, -0.15) is 0 Å². The van der Waals surface area contributed by atoms with Crippen molar-refractivity contribution in [1.29, 1.82) is 0 Å². The molecule has 0 heterocycles. The SMILES string of the molecule is CBB(C)B(C)C. The topological polar surface area (TPSA) is 0 Å². The Morgan fingerprint density at radius 3 is 1.57 bits per heavy atom. The van der Waals surface area contributed by atoms with Gasteiger partial charge >= 0.3 is 0 Å². The highest BCUT2D eigenvalue weighted by atomic mass is 13.3. The van der Waals surface area contributed by atoms with E-state index in [1.165, 1.54) is 7.17 Å². The highest BCUT2D eigenvalue weighted by Crippen LogP contribution is 1.85. The van der Waals surface area contributed by atoms with Gasteiger partial charge in [0.25, 0.3) is 0 Å². The van der Waals surface area contributed by atoms with E-state index in [1.54, 1.807) is 0 Å². The number of hydrogen-bond donors (Lipinski definition) is 0. The van der Waals surface area contributed by atoms with E-state index in [1.807, 2.05) is 0 Å². The molecule has 0 amide bonds. The van der Waals surface area contributed by atoms with Crippen molar-refractivity contribution in [2.24, 2.45) is 0 Å². The van der Waals surface area contributed by atoms with E-state index in [2.05, 4.69) is 27.3 Å². The Bertz CT molecular complexity index is 44.2. The first-order chi connectivity index (χ1) is 3.18. The molecule has 7 heavy (non-hydrogen) atoms. The molecule has 0 rings (SSSR count). The fourth-order valence-electron chi connectivity index (χ4n) is 0.471. The van der Waals surface area contributed by atoms with E-state index in [0.717, 1.165) is 13.1 Å². The molecular formula is C4H13B3. The highest BCUT2D eigenvalue weighted by molar-refractivity contribution is 7.44. The van der Waals surface area contributed by atoms with E-state index in [9.17, 15) is 0 Å². The molecule has 0 saturated carbocycles. The summed E-state index contributed by atoms with van der Waals surface area (Å²) in [5.74, 6) is 0.